The van der Waals surface area contributed by atoms with Crippen LogP contribution in [0.1, 0.15) is 44.3 Å². The average Bonchev–Trinajstić information content (AvgIpc) is 3.23. The summed E-state index contributed by atoms with van der Waals surface area (Å²) in [7, 11) is 0. The van der Waals surface area contributed by atoms with Crippen molar-refractivity contribution in [2.24, 2.45) is 0 Å². The van der Waals surface area contributed by atoms with E-state index in [1.165, 1.54) is 31.4 Å². The second-order valence-electron chi connectivity index (χ2n) is 4.93. The average molecular weight is 280 g/mol. The SMILES string of the molecule is CCNc1cc(NCCCCSC)nc(C2CC2)n1. The summed E-state index contributed by atoms with van der Waals surface area (Å²) in [5.41, 5.74) is 0. The van der Waals surface area contributed by atoms with E-state index in [1.54, 1.807) is 0 Å². The van der Waals surface area contributed by atoms with Crippen LogP contribution in [0.4, 0.5) is 11.6 Å². The quantitative estimate of drug-likeness (QED) is 0.679. The third-order valence-electron chi connectivity index (χ3n) is 3.13. The van der Waals surface area contributed by atoms with Crippen LogP contribution in [0.5, 0.6) is 0 Å². The number of thioether (sulfide) groups is 1. The van der Waals surface area contributed by atoms with Gasteiger partial charge in [0.15, 0.2) is 0 Å². The number of unbranched alkanes of at least 4 members (excludes halogenated alkanes) is 1. The third kappa shape index (κ3) is 4.90. The Morgan fingerprint density at radius 2 is 1.95 bits per heavy atom. The number of nitrogens with zero attached hydrogens (tertiary/aromatic N) is 2. The summed E-state index contributed by atoms with van der Waals surface area (Å²) in [5, 5.41) is 6.71. The highest BCUT2D eigenvalue weighted by Gasteiger charge is 2.27. The van der Waals surface area contributed by atoms with E-state index in [2.05, 4.69) is 33.8 Å². The molecule has 1 aromatic rings. The van der Waals surface area contributed by atoms with Gasteiger partial charge in [-0.2, -0.15) is 11.8 Å². The molecule has 5 heteroatoms. The maximum Gasteiger partial charge on any atom is 0.136 e. The molecular weight excluding hydrogens is 256 g/mol. The third-order valence-corrected chi connectivity index (χ3v) is 3.82. The first-order valence-corrected chi connectivity index (χ1v) is 8.58. The van der Waals surface area contributed by atoms with Gasteiger partial charge >= 0.3 is 0 Å². The minimum absolute atomic E-state index is 0.593. The van der Waals surface area contributed by atoms with E-state index >= 15 is 0 Å². The highest BCUT2D eigenvalue weighted by molar-refractivity contribution is 7.98. The molecule has 106 valence electrons. The molecule has 1 saturated carbocycles. The van der Waals surface area contributed by atoms with Gasteiger partial charge in [-0.3, -0.25) is 0 Å². The first-order chi connectivity index (χ1) is 9.33. The molecular formula is C14H24N4S. The lowest BCUT2D eigenvalue weighted by molar-refractivity contribution is 0.834. The van der Waals surface area contributed by atoms with Crippen LogP contribution in [0.3, 0.4) is 0 Å². The molecule has 0 bridgehead atoms. The van der Waals surface area contributed by atoms with E-state index in [4.69, 9.17) is 0 Å². The van der Waals surface area contributed by atoms with Crippen LogP contribution in [0, 0.1) is 0 Å². The Balaban J connectivity index is 1.90. The standard InChI is InChI=1S/C14H24N4S/c1-3-15-12-10-13(16-8-4-5-9-19-2)18-14(17-12)11-6-7-11/h10-11H,3-9H2,1-2H3,(H2,15,16,17,18). The molecule has 1 aliphatic carbocycles. The number of rotatable bonds is 9. The van der Waals surface area contributed by atoms with Crippen LogP contribution in [-0.4, -0.2) is 35.1 Å². The van der Waals surface area contributed by atoms with Crippen molar-refractivity contribution in [1.29, 1.82) is 0 Å². The minimum Gasteiger partial charge on any atom is -0.370 e. The number of hydrogen-bond acceptors (Lipinski definition) is 5. The zero-order chi connectivity index (χ0) is 13.5. The van der Waals surface area contributed by atoms with Crippen LogP contribution < -0.4 is 10.6 Å². The van der Waals surface area contributed by atoms with Gasteiger partial charge in [-0.15, -0.1) is 0 Å². The fraction of sp³-hybridized carbons (Fsp3) is 0.714. The normalized spacial score (nSPS) is 14.4. The van der Waals surface area contributed by atoms with E-state index in [0.29, 0.717) is 5.92 Å². The summed E-state index contributed by atoms with van der Waals surface area (Å²) >= 11 is 1.91. The molecule has 2 N–H and O–H groups in total. The molecule has 0 saturated heterocycles. The smallest absolute Gasteiger partial charge is 0.136 e. The molecule has 0 atom stereocenters. The van der Waals surface area contributed by atoms with E-state index in [1.807, 2.05) is 17.8 Å². The van der Waals surface area contributed by atoms with Gasteiger partial charge in [0.25, 0.3) is 0 Å². The van der Waals surface area contributed by atoms with Gasteiger partial charge in [0.2, 0.25) is 0 Å². The molecule has 0 aromatic carbocycles. The second-order valence-corrected chi connectivity index (χ2v) is 5.91. The summed E-state index contributed by atoms with van der Waals surface area (Å²) in [5.74, 6) is 4.75. The lowest BCUT2D eigenvalue weighted by Gasteiger charge is -2.10. The number of aromatic nitrogens is 2. The Labute approximate surface area is 120 Å². The summed E-state index contributed by atoms with van der Waals surface area (Å²) < 4.78 is 0. The van der Waals surface area contributed by atoms with E-state index in [0.717, 1.165) is 30.5 Å². The maximum atomic E-state index is 4.63. The molecule has 0 radical (unpaired) electrons. The van der Waals surface area contributed by atoms with Crippen molar-refractivity contribution in [1.82, 2.24) is 9.97 Å². The fourth-order valence-corrected chi connectivity index (χ4v) is 2.43. The highest BCUT2D eigenvalue weighted by Crippen LogP contribution is 2.38. The molecule has 0 unspecified atom stereocenters. The predicted molar refractivity (Wildman–Crippen MR) is 84.3 cm³/mol. The largest absolute Gasteiger partial charge is 0.370 e. The summed E-state index contributed by atoms with van der Waals surface area (Å²) in [6.45, 7) is 3.98. The van der Waals surface area contributed by atoms with Gasteiger partial charge < -0.3 is 10.6 Å². The van der Waals surface area contributed by atoms with Crippen LogP contribution in [0.25, 0.3) is 0 Å². The Bertz CT molecular complexity index is 393. The molecule has 4 nitrogen and oxygen atoms in total. The van der Waals surface area contributed by atoms with Crippen molar-refractivity contribution >= 4 is 23.4 Å². The fourth-order valence-electron chi connectivity index (χ4n) is 1.94. The minimum atomic E-state index is 0.593. The lowest BCUT2D eigenvalue weighted by atomic mass is 10.3. The van der Waals surface area contributed by atoms with Crippen LogP contribution >= 0.6 is 11.8 Å². The van der Waals surface area contributed by atoms with Gasteiger partial charge in [-0.25, -0.2) is 9.97 Å². The number of hydrogen-bond donors (Lipinski definition) is 2. The van der Waals surface area contributed by atoms with E-state index in [-0.39, 0.29) is 0 Å². The van der Waals surface area contributed by atoms with Crippen molar-refractivity contribution < 1.29 is 0 Å². The van der Waals surface area contributed by atoms with Crippen molar-refractivity contribution in [3.05, 3.63) is 11.9 Å². The maximum absolute atomic E-state index is 4.63. The number of anilines is 2. The molecule has 1 heterocycles. The molecule has 1 aliphatic rings. The van der Waals surface area contributed by atoms with Crippen molar-refractivity contribution in [3.8, 4) is 0 Å². The topological polar surface area (TPSA) is 49.8 Å². The van der Waals surface area contributed by atoms with Gasteiger partial charge in [0.1, 0.15) is 17.5 Å². The molecule has 0 spiro atoms. The van der Waals surface area contributed by atoms with Crippen molar-refractivity contribution in [2.45, 2.75) is 38.5 Å². The zero-order valence-electron chi connectivity index (χ0n) is 11.9. The Morgan fingerprint density at radius 1 is 1.21 bits per heavy atom. The monoisotopic (exact) mass is 280 g/mol. The van der Waals surface area contributed by atoms with Gasteiger partial charge in [-0.05, 0) is 44.6 Å². The highest BCUT2D eigenvalue weighted by atomic mass is 32.2. The molecule has 0 aliphatic heterocycles. The molecule has 1 aromatic heterocycles. The molecule has 2 rings (SSSR count). The Morgan fingerprint density at radius 3 is 2.58 bits per heavy atom. The zero-order valence-corrected chi connectivity index (χ0v) is 12.7. The van der Waals surface area contributed by atoms with E-state index < -0.39 is 0 Å². The van der Waals surface area contributed by atoms with E-state index in [9.17, 15) is 0 Å². The van der Waals surface area contributed by atoms with Crippen LogP contribution in [0.15, 0.2) is 6.07 Å². The predicted octanol–water partition coefficient (Wildman–Crippen LogP) is 3.34. The van der Waals surface area contributed by atoms with Crippen molar-refractivity contribution in [3.63, 3.8) is 0 Å². The Hall–Kier alpha value is -0.970. The molecule has 19 heavy (non-hydrogen) atoms. The summed E-state index contributed by atoms with van der Waals surface area (Å²) in [6.07, 6.45) is 7.09. The second kappa shape index (κ2) is 7.58. The van der Waals surface area contributed by atoms with Gasteiger partial charge in [0, 0.05) is 25.1 Å². The summed E-state index contributed by atoms with van der Waals surface area (Å²) in [4.78, 5) is 9.21. The first kappa shape index (κ1) is 14.4. The lowest BCUT2D eigenvalue weighted by Crippen LogP contribution is -2.08. The Kier molecular flexibility index (Phi) is 5.76. The first-order valence-electron chi connectivity index (χ1n) is 7.19. The van der Waals surface area contributed by atoms with Gasteiger partial charge in [0.05, 0.1) is 0 Å². The van der Waals surface area contributed by atoms with Crippen molar-refractivity contribution in [2.75, 3.05) is 35.7 Å². The van der Waals surface area contributed by atoms with Gasteiger partial charge in [-0.1, -0.05) is 0 Å². The van der Waals surface area contributed by atoms with Crippen LogP contribution in [0.2, 0.25) is 0 Å². The van der Waals surface area contributed by atoms with Crippen LogP contribution in [-0.2, 0) is 0 Å². The summed E-state index contributed by atoms with van der Waals surface area (Å²) in [6, 6.07) is 2.02. The number of nitrogens with one attached hydrogen (secondary N) is 2. The molecule has 0 amide bonds. The molecule has 1 fully saturated rings.